The molecule has 0 saturated heterocycles. The van der Waals surface area contributed by atoms with Crippen LogP contribution < -0.4 is 4.74 Å². The van der Waals surface area contributed by atoms with Gasteiger partial charge in [0.2, 0.25) is 0 Å². The summed E-state index contributed by atoms with van der Waals surface area (Å²) in [5, 5.41) is 0. The normalized spacial score (nSPS) is 12.6. The zero-order valence-corrected chi connectivity index (χ0v) is 7.38. The fourth-order valence-corrected chi connectivity index (χ4v) is 1.15. The largest absolute Gasteiger partial charge is 0.496 e. The number of rotatable bonds is 3. The van der Waals surface area contributed by atoms with E-state index in [0.717, 1.165) is 0 Å². The Morgan fingerprint density at radius 3 is 2.67 bits per heavy atom. The molecule has 0 bridgehead atoms. The molecular formula is C10H13FO. The van der Waals surface area contributed by atoms with E-state index in [1.54, 1.807) is 19.2 Å². The molecule has 0 aromatic heterocycles. The minimum absolute atomic E-state index is 0.486. The predicted octanol–water partition coefficient (Wildman–Crippen LogP) is 3.12. The van der Waals surface area contributed by atoms with Crippen molar-refractivity contribution in [3.05, 3.63) is 29.8 Å². The van der Waals surface area contributed by atoms with Crippen LogP contribution in [0, 0.1) is 0 Å². The second kappa shape index (κ2) is 4.10. The Morgan fingerprint density at radius 1 is 1.42 bits per heavy atom. The van der Waals surface area contributed by atoms with Crippen molar-refractivity contribution in [2.45, 2.75) is 19.5 Å². The maximum Gasteiger partial charge on any atom is 0.128 e. The highest BCUT2D eigenvalue weighted by atomic mass is 19.1. The maximum absolute atomic E-state index is 13.2. The Labute approximate surface area is 72.2 Å². The van der Waals surface area contributed by atoms with Gasteiger partial charge in [-0.2, -0.15) is 0 Å². The van der Waals surface area contributed by atoms with Crippen LogP contribution in [0.15, 0.2) is 24.3 Å². The Hall–Kier alpha value is -1.05. The summed E-state index contributed by atoms with van der Waals surface area (Å²) in [4.78, 5) is 0. The van der Waals surface area contributed by atoms with Gasteiger partial charge >= 0.3 is 0 Å². The zero-order chi connectivity index (χ0) is 8.97. The summed E-state index contributed by atoms with van der Waals surface area (Å²) in [5.41, 5.74) is 0.641. The molecule has 0 spiro atoms. The first-order valence-corrected chi connectivity index (χ1v) is 4.06. The van der Waals surface area contributed by atoms with Crippen LogP contribution in [0.3, 0.4) is 0 Å². The molecule has 0 aliphatic rings. The quantitative estimate of drug-likeness (QED) is 0.673. The van der Waals surface area contributed by atoms with Gasteiger partial charge in [0.25, 0.3) is 0 Å². The number of benzene rings is 1. The summed E-state index contributed by atoms with van der Waals surface area (Å²) < 4.78 is 18.3. The van der Waals surface area contributed by atoms with Crippen molar-refractivity contribution in [2.75, 3.05) is 7.11 Å². The van der Waals surface area contributed by atoms with Gasteiger partial charge in [0.05, 0.1) is 7.11 Å². The summed E-state index contributed by atoms with van der Waals surface area (Å²) in [6, 6.07) is 7.19. The number of para-hydroxylation sites is 1. The van der Waals surface area contributed by atoms with E-state index in [0.29, 0.717) is 17.7 Å². The van der Waals surface area contributed by atoms with Crippen molar-refractivity contribution in [3.8, 4) is 5.75 Å². The lowest BCUT2D eigenvalue weighted by Gasteiger charge is -2.10. The van der Waals surface area contributed by atoms with E-state index in [2.05, 4.69) is 0 Å². The Kier molecular flexibility index (Phi) is 3.09. The molecule has 1 unspecified atom stereocenters. The van der Waals surface area contributed by atoms with Crippen molar-refractivity contribution >= 4 is 0 Å². The van der Waals surface area contributed by atoms with E-state index >= 15 is 0 Å². The molecule has 1 aromatic carbocycles. The van der Waals surface area contributed by atoms with Gasteiger partial charge in [-0.1, -0.05) is 25.1 Å². The van der Waals surface area contributed by atoms with Gasteiger partial charge in [0.15, 0.2) is 0 Å². The van der Waals surface area contributed by atoms with Gasteiger partial charge in [-0.05, 0) is 12.5 Å². The van der Waals surface area contributed by atoms with E-state index in [9.17, 15) is 4.39 Å². The van der Waals surface area contributed by atoms with Crippen LogP contribution in [0.4, 0.5) is 4.39 Å². The van der Waals surface area contributed by atoms with Crippen LogP contribution in [0.1, 0.15) is 25.1 Å². The number of hydrogen-bond donors (Lipinski definition) is 0. The standard InChI is InChI=1S/C10H13FO/c1-3-9(11)8-6-4-5-7-10(8)12-2/h4-7,9H,3H2,1-2H3. The summed E-state index contributed by atoms with van der Waals surface area (Å²) in [5.74, 6) is 0.631. The minimum atomic E-state index is -0.916. The fourth-order valence-electron chi connectivity index (χ4n) is 1.15. The van der Waals surface area contributed by atoms with Gasteiger partial charge in [-0.3, -0.25) is 0 Å². The molecule has 0 N–H and O–H groups in total. The molecule has 66 valence electrons. The highest BCUT2D eigenvalue weighted by Crippen LogP contribution is 2.29. The van der Waals surface area contributed by atoms with Gasteiger partial charge in [-0.15, -0.1) is 0 Å². The molecule has 12 heavy (non-hydrogen) atoms. The van der Waals surface area contributed by atoms with Crippen LogP contribution in [0.2, 0.25) is 0 Å². The molecule has 0 heterocycles. The number of ether oxygens (including phenoxy) is 1. The molecule has 0 radical (unpaired) electrons. The average Bonchev–Trinajstić information content (AvgIpc) is 2.16. The third-order valence-electron chi connectivity index (χ3n) is 1.83. The van der Waals surface area contributed by atoms with Crippen molar-refractivity contribution < 1.29 is 9.13 Å². The lowest BCUT2D eigenvalue weighted by Crippen LogP contribution is -1.94. The molecule has 1 rings (SSSR count). The second-order valence-corrected chi connectivity index (χ2v) is 2.62. The Balaban J connectivity index is 2.96. The first-order chi connectivity index (χ1) is 5.79. The third kappa shape index (κ3) is 1.76. The van der Waals surface area contributed by atoms with Crippen LogP contribution in [-0.2, 0) is 0 Å². The van der Waals surface area contributed by atoms with E-state index in [4.69, 9.17) is 4.74 Å². The van der Waals surface area contributed by atoms with Crippen LogP contribution in [-0.4, -0.2) is 7.11 Å². The fraction of sp³-hybridized carbons (Fsp3) is 0.400. The van der Waals surface area contributed by atoms with Crippen LogP contribution in [0.25, 0.3) is 0 Å². The van der Waals surface area contributed by atoms with Gasteiger partial charge in [-0.25, -0.2) is 4.39 Å². The summed E-state index contributed by atoms with van der Waals surface area (Å²) in [6.45, 7) is 1.82. The van der Waals surface area contributed by atoms with E-state index < -0.39 is 6.17 Å². The summed E-state index contributed by atoms with van der Waals surface area (Å²) >= 11 is 0. The van der Waals surface area contributed by atoms with Crippen molar-refractivity contribution in [1.82, 2.24) is 0 Å². The zero-order valence-electron chi connectivity index (χ0n) is 7.38. The highest BCUT2D eigenvalue weighted by Gasteiger charge is 2.11. The lowest BCUT2D eigenvalue weighted by molar-refractivity contribution is 0.316. The van der Waals surface area contributed by atoms with Crippen molar-refractivity contribution in [2.24, 2.45) is 0 Å². The number of methoxy groups -OCH3 is 1. The molecule has 1 atom stereocenters. The van der Waals surface area contributed by atoms with E-state index in [1.165, 1.54) is 0 Å². The molecule has 0 aliphatic carbocycles. The average molecular weight is 168 g/mol. The van der Waals surface area contributed by atoms with Gasteiger partial charge in [0, 0.05) is 5.56 Å². The number of hydrogen-bond acceptors (Lipinski definition) is 1. The van der Waals surface area contributed by atoms with Gasteiger partial charge in [0.1, 0.15) is 11.9 Å². The first-order valence-electron chi connectivity index (χ1n) is 4.06. The minimum Gasteiger partial charge on any atom is -0.496 e. The number of alkyl halides is 1. The molecule has 0 fully saturated rings. The smallest absolute Gasteiger partial charge is 0.128 e. The van der Waals surface area contributed by atoms with Gasteiger partial charge < -0.3 is 4.74 Å². The second-order valence-electron chi connectivity index (χ2n) is 2.62. The number of halogens is 1. The molecule has 1 aromatic rings. The van der Waals surface area contributed by atoms with E-state index in [-0.39, 0.29) is 0 Å². The molecule has 0 aliphatic heterocycles. The highest BCUT2D eigenvalue weighted by molar-refractivity contribution is 5.34. The maximum atomic E-state index is 13.2. The van der Waals surface area contributed by atoms with Crippen molar-refractivity contribution in [1.29, 1.82) is 0 Å². The monoisotopic (exact) mass is 168 g/mol. The lowest BCUT2D eigenvalue weighted by atomic mass is 10.1. The summed E-state index contributed by atoms with van der Waals surface area (Å²) in [7, 11) is 1.56. The molecule has 0 saturated carbocycles. The Morgan fingerprint density at radius 2 is 2.08 bits per heavy atom. The van der Waals surface area contributed by atoms with Crippen molar-refractivity contribution in [3.63, 3.8) is 0 Å². The third-order valence-corrected chi connectivity index (χ3v) is 1.83. The van der Waals surface area contributed by atoms with Crippen LogP contribution in [0.5, 0.6) is 5.75 Å². The molecular weight excluding hydrogens is 155 g/mol. The molecule has 0 amide bonds. The van der Waals surface area contributed by atoms with E-state index in [1.807, 2.05) is 19.1 Å². The molecule has 1 nitrogen and oxygen atoms in total. The predicted molar refractivity (Wildman–Crippen MR) is 47.1 cm³/mol. The first kappa shape index (κ1) is 9.04. The topological polar surface area (TPSA) is 9.23 Å². The SMILES string of the molecule is CCC(F)c1ccccc1OC. The van der Waals surface area contributed by atoms with Crippen LogP contribution >= 0.6 is 0 Å². The molecule has 2 heteroatoms. The Bertz CT molecular complexity index is 247. The summed E-state index contributed by atoms with van der Waals surface area (Å²) in [6.07, 6.45) is -0.429.